The van der Waals surface area contributed by atoms with E-state index in [2.05, 4.69) is 15.9 Å². The third kappa shape index (κ3) is 1.40. The molecule has 0 saturated carbocycles. The van der Waals surface area contributed by atoms with Gasteiger partial charge in [0.2, 0.25) is 0 Å². The van der Waals surface area contributed by atoms with Gasteiger partial charge in [-0.25, -0.2) is 0 Å². The highest BCUT2D eigenvalue weighted by Crippen LogP contribution is 2.16. The lowest BCUT2D eigenvalue weighted by Crippen LogP contribution is -1.77. The first-order valence-corrected chi connectivity index (χ1v) is 4.46. The van der Waals surface area contributed by atoms with E-state index < -0.39 is 0 Å². The van der Waals surface area contributed by atoms with Gasteiger partial charge in [-0.1, -0.05) is 15.9 Å². The van der Waals surface area contributed by atoms with E-state index in [0.717, 1.165) is 22.1 Å². The van der Waals surface area contributed by atoms with Crippen LogP contribution in [0.1, 0.15) is 15.2 Å². The molecule has 0 aliphatic heterocycles. The quantitative estimate of drug-likeness (QED) is 0.535. The zero-order chi connectivity index (χ0) is 6.69. The standard InChI is InChI=1S/C6H5BrOS/c7-3-5-1-2-9-6(5)4-8/h1-2,4H,3H2. The summed E-state index contributed by atoms with van der Waals surface area (Å²) in [6.45, 7) is 0. The minimum Gasteiger partial charge on any atom is -0.297 e. The van der Waals surface area contributed by atoms with E-state index in [-0.39, 0.29) is 0 Å². The molecule has 0 aliphatic rings. The van der Waals surface area contributed by atoms with E-state index in [1.165, 1.54) is 11.3 Å². The Hall–Kier alpha value is -0.150. The van der Waals surface area contributed by atoms with Crippen LogP contribution < -0.4 is 0 Å². The molecule has 0 spiro atoms. The zero-order valence-corrected chi connectivity index (χ0v) is 7.04. The molecule has 0 unspecified atom stereocenters. The molecular weight excluding hydrogens is 200 g/mol. The van der Waals surface area contributed by atoms with Crippen molar-refractivity contribution in [3.05, 3.63) is 21.9 Å². The first-order chi connectivity index (χ1) is 4.38. The predicted octanol–water partition coefficient (Wildman–Crippen LogP) is 2.46. The minimum absolute atomic E-state index is 0.768. The van der Waals surface area contributed by atoms with Crippen LogP contribution in [0.15, 0.2) is 11.4 Å². The molecule has 0 radical (unpaired) electrons. The lowest BCUT2D eigenvalue weighted by atomic mass is 10.3. The second-order valence-corrected chi connectivity index (χ2v) is 3.07. The summed E-state index contributed by atoms with van der Waals surface area (Å²) in [6, 6.07) is 1.95. The van der Waals surface area contributed by atoms with Crippen molar-refractivity contribution < 1.29 is 4.79 Å². The molecule has 1 aromatic rings. The van der Waals surface area contributed by atoms with E-state index >= 15 is 0 Å². The van der Waals surface area contributed by atoms with Gasteiger partial charge in [0.1, 0.15) is 0 Å². The Balaban J connectivity index is 2.98. The lowest BCUT2D eigenvalue weighted by Gasteiger charge is -1.85. The summed E-state index contributed by atoms with van der Waals surface area (Å²) in [5.41, 5.74) is 1.08. The number of aldehydes is 1. The molecule has 48 valence electrons. The summed E-state index contributed by atoms with van der Waals surface area (Å²) in [6.07, 6.45) is 0.890. The van der Waals surface area contributed by atoms with Crippen molar-refractivity contribution in [2.24, 2.45) is 0 Å². The van der Waals surface area contributed by atoms with Gasteiger partial charge < -0.3 is 0 Å². The van der Waals surface area contributed by atoms with E-state index in [9.17, 15) is 4.79 Å². The third-order valence-corrected chi connectivity index (χ3v) is 2.52. The topological polar surface area (TPSA) is 17.1 Å². The first kappa shape index (κ1) is 6.96. The minimum atomic E-state index is 0.768. The van der Waals surface area contributed by atoms with Gasteiger partial charge in [-0.05, 0) is 17.0 Å². The predicted molar refractivity (Wildman–Crippen MR) is 42.3 cm³/mol. The van der Waals surface area contributed by atoms with Gasteiger partial charge >= 0.3 is 0 Å². The summed E-state index contributed by atoms with van der Waals surface area (Å²) in [5, 5.41) is 2.69. The Morgan fingerprint density at radius 1 is 1.78 bits per heavy atom. The highest BCUT2D eigenvalue weighted by Gasteiger charge is 1.98. The van der Waals surface area contributed by atoms with Crippen LogP contribution in [0.25, 0.3) is 0 Å². The van der Waals surface area contributed by atoms with Crippen molar-refractivity contribution >= 4 is 33.6 Å². The Kier molecular flexibility index (Phi) is 2.42. The number of rotatable bonds is 2. The van der Waals surface area contributed by atoms with Crippen molar-refractivity contribution in [2.45, 2.75) is 5.33 Å². The summed E-state index contributed by atoms with van der Waals surface area (Å²) in [5.74, 6) is 0. The molecule has 1 nitrogen and oxygen atoms in total. The second kappa shape index (κ2) is 3.13. The van der Waals surface area contributed by atoms with Gasteiger partial charge in [-0.15, -0.1) is 11.3 Å². The van der Waals surface area contributed by atoms with E-state index in [4.69, 9.17) is 0 Å². The fraction of sp³-hybridized carbons (Fsp3) is 0.167. The van der Waals surface area contributed by atoms with Gasteiger partial charge in [0.05, 0.1) is 4.88 Å². The average Bonchev–Trinajstić information content (AvgIpc) is 2.33. The molecule has 1 aromatic heterocycles. The van der Waals surface area contributed by atoms with Crippen LogP contribution in [0.2, 0.25) is 0 Å². The number of hydrogen-bond donors (Lipinski definition) is 0. The van der Waals surface area contributed by atoms with Crippen LogP contribution in [0.4, 0.5) is 0 Å². The molecule has 1 rings (SSSR count). The summed E-state index contributed by atoms with van der Waals surface area (Å²) >= 11 is 4.75. The van der Waals surface area contributed by atoms with Crippen molar-refractivity contribution in [3.63, 3.8) is 0 Å². The molecule has 0 amide bonds. The van der Waals surface area contributed by atoms with Crippen molar-refractivity contribution in [1.29, 1.82) is 0 Å². The van der Waals surface area contributed by atoms with Gasteiger partial charge in [-0.2, -0.15) is 0 Å². The Bertz CT molecular complexity index is 207. The third-order valence-electron chi connectivity index (χ3n) is 1.03. The van der Waals surface area contributed by atoms with Gasteiger partial charge in [0.25, 0.3) is 0 Å². The number of halogens is 1. The van der Waals surface area contributed by atoms with Crippen LogP contribution >= 0.6 is 27.3 Å². The average molecular weight is 205 g/mol. The maximum absolute atomic E-state index is 10.2. The van der Waals surface area contributed by atoms with E-state index in [1.54, 1.807) is 0 Å². The van der Waals surface area contributed by atoms with Crippen LogP contribution in [-0.4, -0.2) is 6.29 Å². The van der Waals surface area contributed by atoms with Crippen LogP contribution in [0.5, 0.6) is 0 Å². The highest BCUT2D eigenvalue weighted by molar-refractivity contribution is 9.08. The molecule has 0 aliphatic carbocycles. The Morgan fingerprint density at radius 2 is 2.56 bits per heavy atom. The molecule has 3 heteroatoms. The highest BCUT2D eigenvalue weighted by atomic mass is 79.9. The van der Waals surface area contributed by atoms with E-state index in [1.807, 2.05) is 11.4 Å². The van der Waals surface area contributed by atoms with Gasteiger partial charge in [0, 0.05) is 5.33 Å². The van der Waals surface area contributed by atoms with E-state index in [0.29, 0.717) is 0 Å². The number of hydrogen-bond acceptors (Lipinski definition) is 2. The largest absolute Gasteiger partial charge is 0.297 e. The molecular formula is C6H5BrOS. The van der Waals surface area contributed by atoms with Crippen LogP contribution in [0, 0.1) is 0 Å². The molecule has 1 heterocycles. The monoisotopic (exact) mass is 204 g/mol. The normalized spacial score (nSPS) is 9.44. The van der Waals surface area contributed by atoms with Crippen LogP contribution in [-0.2, 0) is 5.33 Å². The zero-order valence-electron chi connectivity index (χ0n) is 4.63. The molecule has 0 bridgehead atoms. The SMILES string of the molecule is O=Cc1sccc1CBr. The van der Waals surface area contributed by atoms with Gasteiger partial charge in [0.15, 0.2) is 6.29 Å². The molecule has 0 aromatic carbocycles. The smallest absolute Gasteiger partial charge is 0.160 e. The van der Waals surface area contributed by atoms with Gasteiger partial charge in [-0.3, -0.25) is 4.79 Å². The molecule has 0 saturated heterocycles. The Labute approximate surface area is 65.8 Å². The maximum Gasteiger partial charge on any atom is 0.160 e. The fourth-order valence-electron chi connectivity index (χ4n) is 0.561. The maximum atomic E-state index is 10.2. The number of thiophene rings is 1. The summed E-state index contributed by atoms with van der Waals surface area (Å²) in [7, 11) is 0. The van der Waals surface area contributed by atoms with Crippen molar-refractivity contribution in [1.82, 2.24) is 0 Å². The number of alkyl halides is 1. The fourth-order valence-corrected chi connectivity index (χ4v) is 1.96. The van der Waals surface area contributed by atoms with Crippen LogP contribution in [0.3, 0.4) is 0 Å². The van der Waals surface area contributed by atoms with Crippen molar-refractivity contribution in [2.75, 3.05) is 0 Å². The lowest BCUT2D eigenvalue weighted by molar-refractivity contribution is 0.112. The number of carbonyl (C=O) groups is 1. The second-order valence-electron chi connectivity index (χ2n) is 1.56. The van der Waals surface area contributed by atoms with Crippen molar-refractivity contribution in [3.8, 4) is 0 Å². The molecule has 9 heavy (non-hydrogen) atoms. The molecule has 0 N–H and O–H groups in total. The summed E-state index contributed by atoms with van der Waals surface area (Å²) < 4.78 is 0. The molecule has 0 fully saturated rings. The first-order valence-electron chi connectivity index (χ1n) is 2.46. The Morgan fingerprint density at radius 3 is 3.00 bits per heavy atom. The molecule has 0 atom stereocenters. The number of carbonyl (C=O) groups excluding carboxylic acids is 1. The summed E-state index contributed by atoms with van der Waals surface area (Å²) in [4.78, 5) is 11.1.